The minimum absolute atomic E-state index is 0.637. The first-order chi connectivity index (χ1) is 21.8. The third-order valence-electron chi connectivity index (χ3n) is 8.33. The number of para-hydroxylation sites is 2. The molecule has 4 heterocycles. The van der Waals surface area contributed by atoms with Crippen LogP contribution in [0.15, 0.2) is 146 Å². The van der Waals surface area contributed by atoms with Gasteiger partial charge in [-0.3, -0.25) is 9.13 Å². The Balaban J connectivity index is 1.32. The Bertz CT molecular complexity index is 2480. The summed E-state index contributed by atoms with van der Waals surface area (Å²) in [4.78, 5) is 19.5. The Morgan fingerprint density at radius 3 is 1.52 bits per heavy atom. The fourth-order valence-electron chi connectivity index (χ4n) is 6.39. The Kier molecular flexibility index (Phi) is 5.40. The first-order valence-electron chi connectivity index (χ1n) is 14.6. The van der Waals surface area contributed by atoms with Crippen LogP contribution in [0.3, 0.4) is 0 Å². The summed E-state index contributed by atoms with van der Waals surface area (Å²) >= 11 is 0. The van der Waals surface area contributed by atoms with Crippen LogP contribution in [0.25, 0.3) is 77.9 Å². The van der Waals surface area contributed by atoms with Crippen LogP contribution in [-0.4, -0.2) is 29.1 Å². The Labute approximate surface area is 252 Å². The average molecular weight is 565 g/mol. The monoisotopic (exact) mass is 564 g/mol. The summed E-state index contributed by atoms with van der Waals surface area (Å²) in [7, 11) is 0. The molecule has 0 unspecified atom stereocenters. The van der Waals surface area contributed by atoms with Gasteiger partial charge in [-0.15, -0.1) is 0 Å². The van der Waals surface area contributed by atoms with Crippen molar-refractivity contribution in [3.05, 3.63) is 146 Å². The maximum atomic E-state index is 5.04. The summed E-state index contributed by atoms with van der Waals surface area (Å²) in [6, 6.07) is 43.7. The Morgan fingerprint density at radius 1 is 0.386 bits per heavy atom. The van der Waals surface area contributed by atoms with Crippen molar-refractivity contribution in [2.45, 2.75) is 0 Å². The number of hydrogen-bond acceptors (Lipinski definition) is 4. The van der Waals surface area contributed by atoms with Gasteiger partial charge >= 0.3 is 0 Å². The lowest BCUT2D eigenvalue weighted by Gasteiger charge is -2.09. The van der Waals surface area contributed by atoms with E-state index in [-0.39, 0.29) is 0 Å². The molecule has 0 fully saturated rings. The number of aromatic nitrogens is 6. The van der Waals surface area contributed by atoms with Crippen molar-refractivity contribution < 1.29 is 0 Å². The van der Waals surface area contributed by atoms with Gasteiger partial charge in [0.1, 0.15) is 0 Å². The number of rotatable bonds is 4. The van der Waals surface area contributed by atoms with E-state index in [1.807, 2.05) is 61.1 Å². The lowest BCUT2D eigenvalue weighted by Crippen LogP contribution is -2.02. The van der Waals surface area contributed by atoms with Crippen molar-refractivity contribution in [2.24, 2.45) is 0 Å². The molecule has 0 spiro atoms. The maximum Gasteiger partial charge on any atom is 0.235 e. The number of hydrogen-bond donors (Lipinski definition) is 0. The van der Waals surface area contributed by atoms with Gasteiger partial charge in [-0.05, 0) is 35.9 Å². The van der Waals surface area contributed by atoms with Crippen LogP contribution in [0.5, 0.6) is 0 Å². The van der Waals surface area contributed by atoms with E-state index in [1.54, 1.807) is 0 Å². The molecule has 4 aromatic heterocycles. The van der Waals surface area contributed by atoms with E-state index < -0.39 is 0 Å². The zero-order valence-corrected chi connectivity index (χ0v) is 23.5. The van der Waals surface area contributed by atoms with Gasteiger partial charge in [0.25, 0.3) is 0 Å². The predicted octanol–water partition coefficient (Wildman–Crippen LogP) is 8.79. The standard InChI is InChI=1S/C38H24N6/c1-3-11-25(12-4-1)27-23-40-37(41-24-27)43-31-17-9-7-15-28(31)35-33(43)19-20-34-36(35)29-16-8-10-18-32(29)44(34)38-39-22-21-30(42-38)26-13-5-2-6-14-26/h1-24H. The highest BCUT2D eigenvalue weighted by Gasteiger charge is 2.22. The molecule has 0 aliphatic carbocycles. The van der Waals surface area contributed by atoms with E-state index in [2.05, 4.69) is 94.1 Å². The van der Waals surface area contributed by atoms with Gasteiger partial charge in [0, 0.05) is 51.3 Å². The fourth-order valence-corrected chi connectivity index (χ4v) is 6.39. The van der Waals surface area contributed by atoms with Gasteiger partial charge in [-0.25, -0.2) is 19.9 Å². The quantitative estimate of drug-likeness (QED) is 0.214. The molecule has 0 bridgehead atoms. The molecule has 0 N–H and O–H groups in total. The lowest BCUT2D eigenvalue weighted by molar-refractivity contribution is 0.987. The molecular weight excluding hydrogens is 540 g/mol. The number of nitrogens with zero attached hydrogens (tertiary/aromatic N) is 6. The topological polar surface area (TPSA) is 61.4 Å². The molecule has 0 aliphatic rings. The molecule has 9 rings (SSSR count). The van der Waals surface area contributed by atoms with Crippen LogP contribution in [0.1, 0.15) is 0 Å². The highest BCUT2D eigenvalue weighted by Crippen LogP contribution is 2.41. The highest BCUT2D eigenvalue weighted by molar-refractivity contribution is 6.28. The molecule has 206 valence electrons. The lowest BCUT2D eigenvalue weighted by atomic mass is 10.1. The summed E-state index contributed by atoms with van der Waals surface area (Å²) in [5, 5.41) is 4.60. The molecule has 5 aromatic carbocycles. The predicted molar refractivity (Wildman–Crippen MR) is 177 cm³/mol. The molecule has 44 heavy (non-hydrogen) atoms. The second-order valence-corrected chi connectivity index (χ2v) is 10.8. The number of fused-ring (bicyclic) bond motifs is 7. The van der Waals surface area contributed by atoms with Gasteiger partial charge < -0.3 is 0 Å². The summed E-state index contributed by atoms with van der Waals surface area (Å²) in [6.07, 6.45) is 5.64. The van der Waals surface area contributed by atoms with Crippen LogP contribution in [-0.2, 0) is 0 Å². The fraction of sp³-hybridized carbons (Fsp3) is 0. The minimum Gasteiger partial charge on any atom is -0.278 e. The van der Waals surface area contributed by atoms with Gasteiger partial charge in [0.05, 0.1) is 27.8 Å². The molecule has 0 atom stereocenters. The second kappa shape index (κ2) is 9.71. The summed E-state index contributed by atoms with van der Waals surface area (Å²) in [6.45, 7) is 0. The van der Waals surface area contributed by atoms with E-state index >= 15 is 0 Å². The van der Waals surface area contributed by atoms with Gasteiger partial charge in [0.2, 0.25) is 11.9 Å². The van der Waals surface area contributed by atoms with E-state index in [4.69, 9.17) is 19.9 Å². The van der Waals surface area contributed by atoms with Crippen molar-refractivity contribution in [1.29, 1.82) is 0 Å². The van der Waals surface area contributed by atoms with Gasteiger partial charge in [-0.2, -0.15) is 0 Å². The molecule has 0 saturated heterocycles. The van der Waals surface area contributed by atoms with Crippen molar-refractivity contribution in [2.75, 3.05) is 0 Å². The van der Waals surface area contributed by atoms with Crippen LogP contribution < -0.4 is 0 Å². The normalized spacial score (nSPS) is 11.6. The highest BCUT2D eigenvalue weighted by atomic mass is 15.2. The van der Waals surface area contributed by atoms with Crippen LogP contribution >= 0.6 is 0 Å². The van der Waals surface area contributed by atoms with Crippen LogP contribution in [0.4, 0.5) is 0 Å². The Morgan fingerprint density at radius 2 is 0.909 bits per heavy atom. The average Bonchev–Trinajstić information content (AvgIpc) is 3.62. The van der Waals surface area contributed by atoms with Crippen molar-refractivity contribution in [1.82, 2.24) is 29.1 Å². The molecule has 0 amide bonds. The molecule has 0 radical (unpaired) electrons. The van der Waals surface area contributed by atoms with E-state index in [9.17, 15) is 0 Å². The van der Waals surface area contributed by atoms with Crippen molar-refractivity contribution >= 4 is 43.6 Å². The molecule has 0 saturated carbocycles. The van der Waals surface area contributed by atoms with Gasteiger partial charge in [-0.1, -0.05) is 97.1 Å². The molecular formula is C38H24N6. The largest absolute Gasteiger partial charge is 0.278 e. The second-order valence-electron chi connectivity index (χ2n) is 10.8. The third-order valence-corrected chi connectivity index (χ3v) is 8.33. The molecule has 6 nitrogen and oxygen atoms in total. The molecule has 0 aliphatic heterocycles. The zero-order valence-electron chi connectivity index (χ0n) is 23.5. The summed E-state index contributed by atoms with van der Waals surface area (Å²) in [5.74, 6) is 1.28. The first kappa shape index (κ1) is 24.5. The van der Waals surface area contributed by atoms with Crippen molar-refractivity contribution in [3.8, 4) is 34.3 Å². The summed E-state index contributed by atoms with van der Waals surface area (Å²) in [5.41, 5.74) is 8.23. The molecule has 6 heteroatoms. The van der Waals surface area contributed by atoms with Crippen LogP contribution in [0, 0.1) is 0 Å². The third kappa shape index (κ3) is 3.68. The van der Waals surface area contributed by atoms with E-state index in [0.29, 0.717) is 11.9 Å². The minimum atomic E-state index is 0.637. The van der Waals surface area contributed by atoms with E-state index in [1.165, 1.54) is 0 Å². The SMILES string of the molecule is c1ccc(-c2cnc(-n3c4ccccc4c4c5c6ccccc6n(-c6nccc(-c7ccccc7)n6)c5ccc43)nc2)cc1. The molecule has 9 aromatic rings. The smallest absolute Gasteiger partial charge is 0.235 e. The first-order valence-corrected chi connectivity index (χ1v) is 14.6. The maximum absolute atomic E-state index is 5.04. The van der Waals surface area contributed by atoms with Crippen LogP contribution in [0.2, 0.25) is 0 Å². The zero-order chi connectivity index (χ0) is 29.0. The Hall–Kier alpha value is -6.14. The van der Waals surface area contributed by atoms with Crippen molar-refractivity contribution in [3.63, 3.8) is 0 Å². The summed E-state index contributed by atoms with van der Waals surface area (Å²) < 4.78 is 4.34. The number of benzene rings is 5. The van der Waals surface area contributed by atoms with Gasteiger partial charge in [0.15, 0.2) is 0 Å². The van der Waals surface area contributed by atoms with E-state index in [0.717, 1.165) is 66.0 Å².